The number of piperidine rings is 1. The smallest absolute Gasteiger partial charge is 0.225 e. The number of rotatable bonds is 8. The van der Waals surface area contributed by atoms with E-state index >= 15 is 0 Å². The molecule has 3 rings (SSSR count). The molecule has 1 N–H and O–H groups in total. The number of carbonyl (C=O) groups excluding carboxylic acids is 2. The second-order valence-electron chi connectivity index (χ2n) is 7.10. The Balaban J connectivity index is 1.43. The predicted octanol–water partition coefficient (Wildman–Crippen LogP) is 1.98. The van der Waals surface area contributed by atoms with E-state index in [0.717, 1.165) is 43.5 Å². The number of amides is 2. The summed E-state index contributed by atoms with van der Waals surface area (Å²) in [6.07, 6.45) is 3.78. The Hall–Kier alpha value is -2.08. The molecule has 1 aromatic carbocycles. The molecule has 0 bridgehead atoms. The third kappa shape index (κ3) is 5.21. The molecule has 0 spiro atoms. The zero-order valence-corrected chi connectivity index (χ0v) is 15.4. The van der Waals surface area contributed by atoms with Crippen LogP contribution in [0.2, 0.25) is 0 Å². The van der Waals surface area contributed by atoms with Gasteiger partial charge in [-0.3, -0.25) is 9.59 Å². The van der Waals surface area contributed by atoms with Gasteiger partial charge in [-0.1, -0.05) is 12.1 Å². The van der Waals surface area contributed by atoms with Gasteiger partial charge in [-0.15, -0.1) is 0 Å². The molecule has 1 saturated heterocycles. The Bertz CT molecular complexity index is 613. The summed E-state index contributed by atoms with van der Waals surface area (Å²) >= 11 is 0. The molecule has 142 valence electrons. The lowest BCUT2D eigenvalue weighted by Crippen LogP contribution is -2.45. The van der Waals surface area contributed by atoms with Crippen molar-refractivity contribution in [3.63, 3.8) is 0 Å². The van der Waals surface area contributed by atoms with Crippen molar-refractivity contribution in [2.45, 2.75) is 32.2 Å². The maximum atomic E-state index is 12.5. The van der Waals surface area contributed by atoms with Gasteiger partial charge in [0.1, 0.15) is 12.4 Å². The summed E-state index contributed by atoms with van der Waals surface area (Å²) in [5.41, 5.74) is 1.03. The van der Waals surface area contributed by atoms with Crippen LogP contribution >= 0.6 is 0 Å². The van der Waals surface area contributed by atoms with Crippen LogP contribution in [0.15, 0.2) is 24.3 Å². The molecule has 0 unspecified atom stereocenters. The third-order valence-electron chi connectivity index (χ3n) is 4.98. The first-order valence-electron chi connectivity index (χ1n) is 9.44. The van der Waals surface area contributed by atoms with Crippen molar-refractivity contribution in [3.05, 3.63) is 29.8 Å². The number of hydrogen-bond acceptors (Lipinski definition) is 4. The van der Waals surface area contributed by atoms with Crippen molar-refractivity contribution in [3.8, 4) is 5.75 Å². The first-order valence-corrected chi connectivity index (χ1v) is 9.44. The highest BCUT2D eigenvalue weighted by Crippen LogP contribution is 2.32. The van der Waals surface area contributed by atoms with E-state index < -0.39 is 0 Å². The van der Waals surface area contributed by atoms with Crippen molar-refractivity contribution < 1.29 is 19.1 Å². The Labute approximate surface area is 154 Å². The number of methoxy groups -OCH3 is 1. The number of nitrogens with one attached hydrogen (secondary N) is 1. The molecule has 0 radical (unpaired) electrons. The van der Waals surface area contributed by atoms with Crippen LogP contribution in [0.5, 0.6) is 5.75 Å². The van der Waals surface area contributed by atoms with Gasteiger partial charge in [0.25, 0.3) is 0 Å². The largest absolute Gasteiger partial charge is 0.491 e. The molecule has 2 aliphatic rings. The molecule has 1 aliphatic heterocycles. The minimum atomic E-state index is -0.0944. The molecule has 6 heteroatoms. The molecule has 2 amide bonds. The summed E-state index contributed by atoms with van der Waals surface area (Å²) in [7, 11) is 1.64. The number of carbonyl (C=O) groups is 2. The molecule has 1 atom stereocenters. The van der Waals surface area contributed by atoms with Gasteiger partial charge >= 0.3 is 0 Å². The van der Waals surface area contributed by atoms with Crippen molar-refractivity contribution in [2.24, 2.45) is 11.8 Å². The van der Waals surface area contributed by atoms with Crippen molar-refractivity contribution in [2.75, 3.05) is 33.4 Å². The fourth-order valence-electron chi connectivity index (χ4n) is 3.26. The van der Waals surface area contributed by atoms with E-state index in [9.17, 15) is 9.59 Å². The Kier molecular flexibility index (Phi) is 6.50. The molecule has 0 aromatic heterocycles. The fourth-order valence-corrected chi connectivity index (χ4v) is 3.26. The van der Waals surface area contributed by atoms with Gasteiger partial charge in [0.05, 0.1) is 12.5 Å². The fraction of sp³-hybridized carbons (Fsp3) is 0.600. The quantitative estimate of drug-likeness (QED) is 0.720. The Morgan fingerprint density at radius 2 is 1.88 bits per heavy atom. The highest BCUT2D eigenvalue weighted by molar-refractivity contribution is 5.83. The second kappa shape index (κ2) is 9.03. The van der Waals surface area contributed by atoms with Gasteiger partial charge in [-0.05, 0) is 43.4 Å². The molecule has 6 nitrogen and oxygen atoms in total. The number of benzene rings is 1. The lowest BCUT2D eigenvalue weighted by Gasteiger charge is -2.32. The van der Waals surface area contributed by atoms with Gasteiger partial charge in [0.2, 0.25) is 11.8 Å². The summed E-state index contributed by atoms with van der Waals surface area (Å²) in [6, 6.07) is 7.69. The maximum Gasteiger partial charge on any atom is 0.225 e. The van der Waals surface area contributed by atoms with E-state index in [1.54, 1.807) is 7.11 Å². The molecule has 1 saturated carbocycles. The normalized spacial score (nSPS) is 19.9. The van der Waals surface area contributed by atoms with Crippen LogP contribution in [0.3, 0.4) is 0 Å². The summed E-state index contributed by atoms with van der Waals surface area (Å²) < 4.78 is 10.5. The lowest BCUT2D eigenvalue weighted by molar-refractivity contribution is -0.136. The van der Waals surface area contributed by atoms with Gasteiger partial charge < -0.3 is 19.7 Å². The summed E-state index contributed by atoms with van der Waals surface area (Å²) in [5, 5.41) is 3.01. The van der Waals surface area contributed by atoms with E-state index in [1.165, 1.54) is 0 Å². The topological polar surface area (TPSA) is 67.9 Å². The zero-order valence-electron chi connectivity index (χ0n) is 15.4. The molecule has 1 aromatic rings. The average Bonchev–Trinajstić information content (AvgIpc) is 3.52. The summed E-state index contributed by atoms with van der Waals surface area (Å²) in [6.45, 7) is 2.92. The van der Waals surface area contributed by atoms with Crippen molar-refractivity contribution >= 4 is 11.8 Å². The number of hydrogen-bond donors (Lipinski definition) is 1. The van der Waals surface area contributed by atoms with E-state index in [2.05, 4.69) is 5.32 Å². The van der Waals surface area contributed by atoms with Crippen LogP contribution in [0.1, 0.15) is 31.2 Å². The van der Waals surface area contributed by atoms with Crippen LogP contribution < -0.4 is 10.1 Å². The van der Waals surface area contributed by atoms with Crippen LogP contribution in [0.4, 0.5) is 0 Å². The minimum Gasteiger partial charge on any atom is -0.491 e. The standard InChI is InChI=1S/C20H28N2O4/c1-25-11-12-26-18-8-4-15(5-9-18)13-21-19(23)17-3-2-10-22(14-17)20(24)16-6-7-16/h4-5,8-9,16-17H,2-3,6-7,10-14H2,1H3,(H,21,23)/t17-/m1/s1. The monoisotopic (exact) mass is 360 g/mol. The lowest BCUT2D eigenvalue weighted by atomic mass is 9.96. The predicted molar refractivity (Wildman–Crippen MR) is 97.7 cm³/mol. The van der Waals surface area contributed by atoms with Crippen LogP contribution in [-0.4, -0.2) is 50.1 Å². The number of nitrogens with zero attached hydrogens (tertiary/aromatic N) is 1. The van der Waals surface area contributed by atoms with E-state index in [0.29, 0.717) is 26.3 Å². The summed E-state index contributed by atoms with van der Waals surface area (Å²) in [5.74, 6) is 1.20. The first-order chi connectivity index (χ1) is 12.7. The van der Waals surface area contributed by atoms with Gasteiger partial charge in [0.15, 0.2) is 0 Å². The van der Waals surface area contributed by atoms with E-state index in [4.69, 9.17) is 9.47 Å². The van der Waals surface area contributed by atoms with Gasteiger partial charge in [-0.25, -0.2) is 0 Å². The minimum absolute atomic E-state index is 0.0405. The van der Waals surface area contributed by atoms with Crippen molar-refractivity contribution in [1.82, 2.24) is 10.2 Å². The third-order valence-corrected chi connectivity index (χ3v) is 4.98. The zero-order chi connectivity index (χ0) is 18.4. The second-order valence-corrected chi connectivity index (χ2v) is 7.10. The summed E-state index contributed by atoms with van der Waals surface area (Å²) in [4.78, 5) is 26.6. The van der Waals surface area contributed by atoms with Crippen LogP contribution in [0.25, 0.3) is 0 Å². The van der Waals surface area contributed by atoms with E-state index in [-0.39, 0.29) is 23.7 Å². The molecule has 2 fully saturated rings. The van der Waals surface area contributed by atoms with Crippen LogP contribution in [-0.2, 0) is 20.9 Å². The highest BCUT2D eigenvalue weighted by atomic mass is 16.5. The first kappa shape index (κ1) is 18.7. The average molecular weight is 360 g/mol. The van der Waals surface area contributed by atoms with Gasteiger partial charge in [0, 0.05) is 32.7 Å². The molecule has 1 aliphatic carbocycles. The Morgan fingerprint density at radius 3 is 2.58 bits per heavy atom. The molecular weight excluding hydrogens is 332 g/mol. The molecule has 1 heterocycles. The molecule has 26 heavy (non-hydrogen) atoms. The number of likely N-dealkylation sites (tertiary alicyclic amines) is 1. The van der Waals surface area contributed by atoms with Crippen LogP contribution in [0, 0.1) is 11.8 Å². The maximum absolute atomic E-state index is 12.5. The van der Waals surface area contributed by atoms with E-state index in [1.807, 2.05) is 29.2 Å². The highest BCUT2D eigenvalue weighted by Gasteiger charge is 2.36. The Morgan fingerprint density at radius 1 is 1.12 bits per heavy atom. The molecular formula is C20H28N2O4. The van der Waals surface area contributed by atoms with Crippen molar-refractivity contribution in [1.29, 1.82) is 0 Å². The van der Waals surface area contributed by atoms with Gasteiger partial charge in [-0.2, -0.15) is 0 Å². The number of ether oxygens (including phenoxy) is 2. The SMILES string of the molecule is COCCOc1ccc(CNC(=O)[C@@H]2CCCN(C(=O)C3CC3)C2)cc1.